The minimum absolute atomic E-state index is 0.101. The largest absolute Gasteiger partial charge is 0.441 e. The number of hydrogen-bond donors (Lipinski definition) is 1. The van der Waals surface area contributed by atoms with Gasteiger partial charge in [0.2, 0.25) is 5.91 Å². The fourth-order valence-electron chi connectivity index (χ4n) is 2.58. The van der Waals surface area contributed by atoms with Gasteiger partial charge in [-0.15, -0.1) is 0 Å². The summed E-state index contributed by atoms with van der Waals surface area (Å²) in [6.45, 7) is 1.26. The minimum atomic E-state index is -0.716. The van der Waals surface area contributed by atoms with Crippen LogP contribution in [0.5, 0.6) is 0 Å². The van der Waals surface area contributed by atoms with E-state index in [1.807, 2.05) is 0 Å². The zero-order valence-electron chi connectivity index (χ0n) is 13.1. The van der Waals surface area contributed by atoms with Crippen LogP contribution in [0.1, 0.15) is 25.2 Å². The maximum atomic E-state index is 13.7. The fraction of sp³-hybridized carbons (Fsp3) is 0.412. The molecule has 7 heteroatoms. The molecule has 1 atom stereocenters. The number of amides is 1. The van der Waals surface area contributed by atoms with Gasteiger partial charge in [0.05, 0.1) is 17.9 Å². The zero-order valence-corrected chi connectivity index (χ0v) is 13.1. The monoisotopic (exact) mass is 336 g/mol. The van der Waals surface area contributed by atoms with E-state index in [2.05, 4.69) is 10.3 Å². The normalized spacial score (nSPS) is 17.2. The highest BCUT2D eigenvalue weighted by Crippen LogP contribution is 2.24. The fourth-order valence-corrected chi connectivity index (χ4v) is 2.58. The van der Waals surface area contributed by atoms with Crippen molar-refractivity contribution in [2.24, 2.45) is 0 Å². The molecule has 1 saturated heterocycles. The van der Waals surface area contributed by atoms with Crippen LogP contribution >= 0.6 is 0 Å². The van der Waals surface area contributed by atoms with Crippen LogP contribution in [-0.4, -0.2) is 30.1 Å². The van der Waals surface area contributed by atoms with E-state index < -0.39 is 11.6 Å². The lowest BCUT2D eigenvalue weighted by atomic mass is 10.2. The number of ether oxygens (including phenoxy) is 1. The number of nitrogens with zero attached hydrogens (tertiary/aromatic N) is 1. The third-order valence-electron chi connectivity index (χ3n) is 3.87. The van der Waals surface area contributed by atoms with E-state index in [4.69, 9.17) is 9.15 Å². The second-order valence-corrected chi connectivity index (χ2v) is 5.68. The molecule has 1 aromatic heterocycles. The van der Waals surface area contributed by atoms with Crippen LogP contribution in [0.2, 0.25) is 0 Å². The molecule has 0 aliphatic carbocycles. The average molecular weight is 336 g/mol. The van der Waals surface area contributed by atoms with E-state index >= 15 is 0 Å². The summed E-state index contributed by atoms with van der Waals surface area (Å²) in [6, 6.07) is 3.23. The smallest absolute Gasteiger partial charge is 0.220 e. The van der Waals surface area contributed by atoms with Crippen molar-refractivity contribution in [2.75, 3.05) is 13.2 Å². The van der Waals surface area contributed by atoms with E-state index in [1.54, 1.807) is 0 Å². The third-order valence-corrected chi connectivity index (χ3v) is 3.87. The molecule has 0 unspecified atom stereocenters. The molecule has 1 N–H and O–H groups in total. The van der Waals surface area contributed by atoms with Crippen molar-refractivity contribution in [3.63, 3.8) is 0 Å². The van der Waals surface area contributed by atoms with Crippen molar-refractivity contribution in [3.05, 3.63) is 41.9 Å². The molecule has 1 amide bonds. The summed E-state index contributed by atoms with van der Waals surface area (Å²) in [6.07, 6.45) is 3.99. The molecule has 0 radical (unpaired) electrons. The Kier molecular flexibility index (Phi) is 5.20. The maximum Gasteiger partial charge on any atom is 0.220 e. The molecule has 2 aromatic rings. The lowest BCUT2D eigenvalue weighted by Gasteiger charge is -2.10. The summed E-state index contributed by atoms with van der Waals surface area (Å²) in [5.74, 6) is -0.938. The number of aromatic nitrogens is 1. The van der Waals surface area contributed by atoms with Crippen LogP contribution in [0.3, 0.4) is 0 Å². The topological polar surface area (TPSA) is 64.4 Å². The van der Waals surface area contributed by atoms with Crippen LogP contribution in [0, 0.1) is 11.6 Å². The molecule has 0 saturated carbocycles. The molecular formula is C17H18F2N2O3. The van der Waals surface area contributed by atoms with Gasteiger partial charge in [-0.2, -0.15) is 0 Å². The van der Waals surface area contributed by atoms with Crippen LogP contribution in [0.15, 0.2) is 28.8 Å². The number of hydrogen-bond acceptors (Lipinski definition) is 4. The number of oxazole rings is 1. The van der Waals surface area contributed by atoms with Gasteiger partial charge in [0.1, 0.15) is 11.6 Å². The van der Waals surface area contributed by atoms with Crippen molar-refractivity contribution in [1.82, 2.24) is 10.3 Å². The van der Waals surface area contributed by atoms with Gasteiger partial charge in [-0.25, -0.2) is 13.8 Å². The molecule has 1 aliphatic rings. The van der Waals surface area contributed by atoms with Gasteiger partial charge in [0.15, 0.2) is 11.7 Å². The Bertz CT molecular complexity index is 712. The van der Waals surface area contributed by atoms with Crippen LogP contribution in [0.4, 0.5) is 8.78 Å². The van der Waals surface area contributed by atoms with E-state index in [9.17, 15) is 13.6 Å². The second kappa shape index (κ2) is 7.53. The first-order chi connectivity index (χ1) is 11.6. The predicted molar refractivity (Wildman–Crippen MR) is 82.2 cm³/mol. The van der Waals surface area contributed by atoms with E-state index in [1.165, 1.54) is 12.3 Å². The summed E-state index contributed by atoms with van der Waals surface area (Å²) in [5.41, 5.74) is 0.137. The van der Waals surface area contributed by atoms with Crippen molar-refractivity contribution in [2.45, 2.75) is 31.8 Å². The van der Waals surface area contributed by atoms with Crippen LogP contribution in [0.25, 0.3) is 11.3 Å². The van der Waals surface area contributed by atoms with Gasteiger partial charge in [0, 0.05) is 32.1 Å². The van der Waals surface area contributed by atoms with Crippen LogP contribution < -0.4 is 5.32 Å². The van der Waals surface area contributed by atoms with Gasteiger partial charge in [-0.05, 0) is 25.0 Å². The molecule has 0 bridgehead atoms. The van der Waals surface area contributed by atoms with Gasteiger partial charge in [0.25, 0.3) is 0 Å². The number of carbonyl (C=O) groups excluding carboxylic acids is 1. The number of aryl methyl sites for hydroxylation is 1. The molecule has 1 aliphatic heterocycles. The molecule has 24 heavy (non-hydrogen) atoms. The second-order valence-electron chi connectivity index (χ2n) is 5.68. The number of benzene rings is 1. The molecule has 2 heterocycles. The third kappa shape index (κ3) is 4.17. The van der Waals surface area contributed by atoms with Gasteiger partial charge < -0.3 is 14.5 Å². The van der Waals surface area contributed by atoms with Crippen molar-refractivity contribution in [1.29, 1.82) is 0 Å². The van der Waals surface area contributed by atoms with Crippen molar-refractivity contribution in [3.8, 4) is 11.3 Å². The highest BCUT2D eigenvalue weighted by molar-refractivity contribution is 5.76. The summed E-state index contributed by atoms with van der Waals surface area (Å²) in [4.78, 5) is 15.8. The van der Waals surface area contributed by atoms with Crippen molar-refractivity contribution < 1.29 is 22.7 Å². The number of carbonyl (C=O) groups is 1. The Balaban J connectivity index is 1.51. The SMILES string of the molecule is O=C(CCc1ncc(-c2ccc(F)cc2F)o1)NC[C@H]1CCCO1. The van der Waals surface area contributed by atoms with Gasteiger partial charge in [-0.3, -0.25) is 4.79 Å². The lowest BCUT2D eigenvalue weighted by Crippen LogP contribution is -2.31. The Morgan fingerprint density at radius 1 is 1.38 bits per heavy atom. The minimum Gasteiger partial charge on any atom is -0.441 e. The molecular weight excluding hydrogens is 318 g/mol. The first-order valence-corrected chi connectivity index (χ1v) is 7.90. The Labute approximate surface area is 138 Å². The number of nitrogens with one attached hydrogen (secondary N) is 1. The molecule has 5 nitrogen and oxygen atoms in total. The van der Waals surface area contributed by atoms with Gasteiger partial charge in [-0.1, -0.05) is 0 Å². The summed E-state index contributed by atoms with van der Waals surface area (Å²) < 4.78 is 37.5. The molecule has 128 valence electrons. The van der Waals surface area contributed by atoms with E-state index in [0.717, 1.165) is 31.6 Å². The highest BCUT2D eigenvalue weighted by atomic mass is 19.1. The quantitative estimate of drug-likeness (QED) is 0.881. The number of rotatable bonds is 6. The molecule has 0 spiro atoms. The van der Waals surface area contributed by atoms with Gasteiger partial charge >= 0.3 is 0 Å². The summed E-state index contributed by atoms with van der Waals surface area (Å²) >= 11 is 0. The van der Waals surface area contributed by atoms with E-state index in [0.29, 0.717) is 18.9 Å². The Hall–Kier alpha value is -2.28. The standard InChI is InChI=1S/C17H18F2N2O3/c18-11-3-4-13(14(19)8-11)15-10-21-17(24-15)6-5-16(22)20-9-12-2-1-7-23-12/h3-4,8,10,12H,1-2,5-7,9H2,(H,20,22)/t12-/m1/s1. The zero-order chi connectivity index (χ0) is 16.9. The summed E-state index contributed by atoms with van der Waals surface area (Å²) in [7, 11) is 0. The number of halogens is 2. The Morgan fingerprint density at radius 2 is 2.25 bits per heavy atom. The first kappa shape index (κ1) is 16.6. The van der Waals surface area contributed by atoms with Crippen LogP contribution in [-0.2, 0) is 16.0 Å². The molecule has 1 fully saturated rings. The first-order valence-electron chi connectivity index (χ1n) is 7.90. The molecule has 3 rings (SSSR count). The van der Waals surface area contributed by atoms with E-state index in [-0.39, 0.29) is 29.8 Å². The average Bonchev–Trinajstić information content (AvgIpc) is 3.22. The van der Waals surface area contributed by atoms with Crippen molar-refractivity contribution >= 4 is 5.91 Å². The Morgan fingerprint density at radius 3 is 3.00 bits per heavy atom. The summed E-state index contributed by atoms with van der Waals surface area (Å²) in [5, 5.41) is 2.81. The molecule has 1 aromatic carbocycles. The maximum absolute atomic E-state index is 13.7. The highest BCUT2D eigenvalue weighted by Gasteiger charge is 2.17. The predicted octanol–water partition coefficient (Wildman–Crippen LogP) is 2.85. The lowest BCUT2D eigenvalue weighted by molar-refractivity contribution is -0.121.